The van der Waals surface area contributed by atoms with Crippen LogP contribution in [0.4, 0.5) is 0 Å². The number of carboxylic acid groups (broad SMARTS) is 2. The first-order chi connectivity index (χ1) is 12.5. The molecule has 0 saturated heterocycles. The van der Waals surface area contributed by atoms with Crippen molar-refractivity contribution in [2.45, 2.75) is 0 Å². The topological polar surface area (TPSA) is 100 Å². The van der Waals surface area contributed by atoms with E-state index in [1.54, 1.807) is 12.1 Å². The average molecular weight is 346 g/mol. The molecule has 6 nitrogen and oxygen atoms in total. The Morgan fingerprint density at radius 3 is 1.42 bits per heavy atom. The lowest BCUT2D eigenvalue weighted by Gasteiger charge is -1.97. The molecule has 128 valence electrons. The average Bonchev–Trinajstić information content (AvgIpc) is 2.67. The maximum atomic E-state index is 10.6. The summed E-state index contributed by atoms with van der Waals surface area (Å²) in [6.07, 6.45) is 2.73. The fourth-order valence-corrected chi connectivity index (χ4v) is 2.38. The second-order valence-corrected chi connectivity index (χ2v) is 5.44. The molecule has 0 amide bonds. The van der Waals surface area contributed by atoms with E-state index in [4.69, 9.17) is 10.2 Å². The predicted octanol–water partition coefficient (Wildman–Crippen LogP) is 3.87. The number of benzene rings is 2. The van der Waals surface area contributed by atoms with Gasteiger partial charge in [0.15, 0.2) is 0 Å². The van der Waals surface area contributed by atoms with E-state index in [2.05, 4.69) is 9.97 Å². The molecule has 0 spiro atoms. The summed E-state index contributed by atoms with van der Waals surface area (Å²) in [7, 11) is 0. The van der Waals surface area contributed by atoms with Crippen molar-refractivity contribution in [1.29, 1.82) is 0 Å². The van der Waals surface area contributed by atoms with E-state index in [0.717, 1.165) is 21.8 Å². The van der Waals surface area contributed by atoms with Crippen LogP contribution in [0.15, 0.2) is 73.1 Å². The molecule has 2 heterocycles. The van der Waals surface area contributed by atoms with Crippen molar-refractivity contribution >= 4 is 33.7 Å². The highest BCUT2D eigenvalue weighted by molar-refractivity contribution is 5.93. The third kappa shape index (κ3) is 3.81. The number of para-hydroxylation sites is 2. The Bertz CT molecular complexity index is 1020. The quantitative estimate of drug-likeness (QED) is 0.571. The van der Waals surface area contributed by atoms with Crippen molar-refractivity contribution in [3.05, 3.63) is 84.2 Å². The fraction of sp³-hybridized carbons (Fsp3) is 0. The molecule has 6 heteroatoms. The van der Waals surface area contributed by atoms with Gasteiger partial charge in [-0.05, 0) is 24.3 Å². The number of rotatable bonds is 2. The van der Waals surface area contributed by atoms with Gasteiger partial charge in [0.25, 0.3) is 0 Å². The van der Waals surface area contributed by atoms with Crippen LogP contribution in [0.3, 0.4) is 0 Å². The normalized spacial score (nSPS) is 10.2. The summed E-state index contributed by atoms with van der Waals surface area (Å²) in [6, 6.07) is 18.1. The van der Waals surface area contributed by atoms with Gasteiger partial charge in [0.2, 0.25) is 0 Å². The third-order valence-corrected chi connectivity index (χ3v) is 3.67. The van der Waals surface area contributed by atoms with Gasteiger partial charge in [-0.25, -0.2) is 9.59 Å². The molecular weight excluding hydrogens is 332 g/mol. The Balaban J connectivity index is 0.000000151. The Kier molecular flexibility index (Phi) is 4.85. The molecule has 0 aliphatic rings. The van der Waals surface area contributed by atoms with Gasteiger partial charge in [-0.15, -0.1) is 0 Å². The van der Waals surface area contributed by atoms with Crippen LogP contribution < -0.4 is 0 Å². The lowest BCUT2D eigenvalue weighted by molar-refractivity contribution is 0.0686. The van der Waals surface area contributed by atoms with E-state index < -0.39 is 11.9 Å². The molecule has 0 fully saturated rings. The minimum Gasteiger partial charge on any atom is -0.478 e. The summed E-state index contributed by atoms with van der Waals surface area (Å²) in [5.74, 6) is -1.89. The summed E-state index contributed by atoms with van der Waals surface area (Å²) in [6.45, 7) is 0. The summed E-state index contributed by atoms with van der Waals surface area (Å²) >= 11 is 0. The van der Waals surface area contributed by atoms with Gasteiger partial charge >= 0.3 is 11.9 Å². The van der Waals surface area contributed by atoms with Crippen molar-refractivity contribution in [3.8, 4) is 0 Å². The lowest BCUT2D eigenvalue weighted by Crippen LogP contribution is -1.96. The fourth-order valence-electron chi connectivity index (χ4n) is 2.38. The standard InChI is InChI=1S/2C10H7NO2/c2*12-10(13)8-5-7-3-1-2-4-9(7)11-6-8/h2*1-6H,(H,12,13). The Hall–Kier alpha value is -3.80. The molecule has 4 aromatic rings. The second kappa shape index (κ2) is 7.40. The minimum absolute atomic E-state index is 0.221. The number of pyridine rings is 2. The molecule has 0 saturated carbocycles. The number of carbonyl (C=O) groups is 2. The zero-order valence-electron chi connectivity index (χ0n) is 13.5. The molecule has 0 unspecified atom stereocenters. The van der Waals surface area contributed by atoms with Crippen molar-refractivity contribution in [2.24, 2.45) is 0 Å². The minimum atomic E-state index is -0.946. The van der Waals surface area contributed by atoms with Gasteiger partial charge in [-0.2, -0.15) is 0 Å². The number of aromatic carboxylic acids is 2. The van der Waals surface area contributed by atoms with E-state index >= 15 is 0 Å². The molecular formula is C20H14N2O4. The largest absolute Gasteiger partial charge is 0.478 e. The number of carboxylic acids is 2. The van der Waals surface area contributed by atoms with Crippen LogP contribution >= 0.6 is 0 Å². The maximum absolute atomic E-state index is 10.6. The monoisotopic (exact) mass is 346 g/mol. The smallest absolute Gasteiger partial charge is 0.337 e. The highest BCUT2D eigenvalue weighted by Gasteiger charge is 2.04. The molecule has 26 heavy (non-hydrogen) atoms. The van der Waals surface area contributed by atoms with Crippen LogP contribution in [0.1, 0.15) is 20.7 Å². The van der Waals surface area contributed by atoms with Crippen LogP contribution in [0, 0.1) is 0 Å². The van der Waals surface area contributed by atoms with Crippen LogP contribution in [0.25, 0.3) is 21.8 Å². The summed E-state index contributed by atoms with van der Waals surface area (Å²) < 4.78 is 0. The number of hydrogen-bond acceptors (Lipinski definition) is 4. The number of nitrogens with zero attached hydrogens (tertiary/aromatic N) is 2. The molecule has 0 atom stereocenters. The summed E-state index contributed by atoms with van der Waals surface area (Å²) in [5, 5.41) is 19.1. The molecule has 2 aromatic heterocycles. The van der Waals surface area contributed by atoms with Crippen molar-refractivity contribution in [3.63, 3.8) is 0 Å². The van der Waals surface area contributed by atoms with Gasteiger partial charge in [-0.1, -0.05) is 36.4 Å². The van der Waals surface area contributed by atoms with Crippen molar-refractivity contribution < 1.29 is 19.8 Å². The molecule has 2 aromatic carbocycles. The molecule has 0 bridgehead atoms. The van der Waals surface area contributed by atoms with E-state index in [9.17, 15) is 9.59 Å². The molecule has 0 aliphatic carbocycles. The Morgan fingerprint density at radius 2 is 1.04 bits per heavy atom. The number of hydrogen-bond donors (Lipinski definition) is 2. The van der Waals surface area contributed by atoms with Gasteiger partial charge in [-0.3, -0.25) is 9.97 Å². The first kappa shape index (κ1) is 17.0. The van der Waals surface area contributed by atoms with Gasteiger partial charge in [0, 0.05) is 23.2 Å². The van der Waals surface area contributed by atoms with Crippen LogP contribution in [0.2, 0.25) is 0 Å². The van der Waals surface area contributed by atoms with Crippen LogP contribution in [0.5, 0.6) is 0 Å². The zero-order chi connectivity index (χ0) is 18.5. The lowest BCUT2D eigenvalue weighted by atomic mass is 10.2. The van der Waals surface area contributed by atoms with Gasteiger partial charge < -0.3 is 10.2 Å². The van der Waals surface area contributed by atoms with E-state index in [-0.39, 0.29) is 11.1 Å². The first-order valence-electron chi connectivity index (χ1n) is 7.71. The Morgan fingerprint density at radius 1 is 0.654 bits per heavy atom. The maximum Gasteiger partial charge on any atom is 0.337 e. The van der Waals surface area contributed by atoms with Crippen LogP contribution in [-0.2, 0) is 0 Å². The highest BCUT2D eigenvalue weighted by atomic mass is 16.4. The molecule has 2 N–H and O–H groups in total. The number of aromatic nitrogens is 2. The second-order valence-electron chi connectivity index (χ2n) is 5.44. The zero-order valence-corrected chi connectivity index (χ0v) is 13.5. The SMILES string of the molecule is O=C(O)c1cnc2ccccc2c1.O=C(O)c1cnc2ccccc2c1. The summed E-state index contributed by atoms with van der Waals surface area (Å²) in [4.78, 5) is 29.3. The van der Waals surface area contributed by atoms with E-state index in [0.29, 0.717) is 0 Å². The van der Waals surface area contributed by atoms with E-state index in [1.165, 1.54) is 12.4 Å². The van der Waals surface area contributed by atoms with Gasteiger partial charge in [0.05, 0.1) is 22.2 Å². The van der Waals surface area contributed by atoms with Gasteiger partial charge in [0.1, 0.15) is 0 Å². The molecule has 4 rings (SSSR count). The van der Waals surface area contributed by atoms with E-state index in [1.807, 2.05) is 48.5 Å². The summed E-state index contributed by atoms with van der Waals surface area (Å²) in [5.41, 5.74) is 2.07. The molecule has 0 aliphatic heterocycles. The third-order valence-electron chi connectivity index (χ3n) is 3.67. The predicted molar refractivity (Wildman–Crippen MR) is 97.4 cm³/mol. The molecule has 0 radical (unpaired) electrons. The van der Waals surface area contributed by atoms with Crippen LogP contribution in [-0.4, -0.2) is 32.1 Å². The number of fused-ring (bicyclic) bond motifs is 2. The van der Waals surface area contributed by atoms with Crippen molar-refractivity contribution in [1.82, 2.24) is 9.97 Å². The highest BCUT2D eigenvalue weighted by Crippen LogP contribution is 2.13. The Labute approximate surface area is 148 Å². The first-order valence-corrected chi connectivity index (χ1v) is 7.71. The van der Waals surface area contributed by atoms with Crippen molar-refractivity contribution in [2.75, 3.05) is 0 Å².